The topological polar surface area (TPSA) is 56.5 Å². The fourth-order valence-electron chi connectivity index (χ4n) is 2.37. The van der Waals surface area contributed by atoms with Gasteiger partial charge < -0.3 is 14.6 Å². The summed E-state index contributed by atoms with van der Waals surface area (Å²) in [6.45, 7) is 5.33. The van der Waals surface area contributed by atoms with Crippen molar-refractivity contribution in [1.29, 1.82) is 0 Å². The molecule has 2 heterocycles. The fraction of sp³-hybridized carbons (Fsp3) is 0.750. The maximum absolute atomic E-state index is 10.5. The van der Waals surface area contributed by atoms with Gasteiger partial charge in [-0.05, 0) is 26.7 Å². The minimum absolute atomic E-state index is 0.528. The summed E-state index contributed by atoms with van der Waals surface area (Å²) >= 11 is 0. The molecule has 1 aliphatic heterocycles. The molecular weight excluding hydrogens is 220 g/mol. The third-order valence-electron chi connectivity index (χ3n) is 3.45. The Bertz CT molecular complexity index is 362. The van der Waals surface area contributed by atoms with E-state index in [2.05, 4.69) is 5.10 Å². The molecule has 1 aromatic heterocycles. The quantitative estimate of drug-likeness (QED) is 0.866. The van der Waals surface area contributed by atoms with Crippen molar-refractivity contribution in [3.8, 4) is 5.75 Å². The predicted octanol–water partition coefficient (Wildman–Crippen LogP) is 1.51. The molecule has 0 radical (unpaired) electrons. The van der Waals surface area contributed by atoms with Gasteiger partial charge in [0, 0.05) is 13.2 Å². The van der Waals surface area contributed by atoms with Crippen LogP contribution in [-0.4, -0.2) is 34.2 Å². The second-order valence-electron chi connectivity index (χ2n) is 4.58. The molecule has 2 rings (SSSR count). The average molecular weight is 240 g/mol. The first-order chi connectivity index (χ1) is 8.12. The molecule has 1 N–H and O–H groups in total. The molecule has 17 heavy (non-hydrogen) atoms. The first kappa shape index (κ1) is 12.4. The van der Waals surface area contributed by atoms with Crippen LogP contribution >= 0.6 is 0 Å². The van der Waals surface area contributed by atoms with Crippen molar-refractivity contribution in [3.63, 3.8) is 0 Å². The number of hydrogen-bond acceptors (Lipinski definition) is 4. The van der Waals surface area contributed by atoms with E-state index >= 15 is 0 Å². The molecule has 0 saturated carbocycles. The van der Waals surface area contributed by atoms with Crippen molar-refractivity contribution in [2.45, 2.75) is 44.9 Å². The Morgan fingerprint density at radius 1 is 1.71 bits per heavy atom. The molecule has 5 nitrogen and oxygen atoms in total. The van der Waals surface area contributed by atoms with E-state index in [0.717, 1.165) is 12.8 Å². The van der Waals surface area contributed by atoms with E-state index in [1.54, 1.807) is 18.0 Å². The molecule has 1 fully saturated rings. The smallest absolute Gasteiger partial charge is 0.162 e. The van der Waals surface area contributed by atoms with Gasteiger partial charge >= 0.3 is 0 Å². The number of aromatic nitrogens is 2. The van der Waals surface area contributed by atoms with E-state index in [1.807, 2.05) is 13.8 Å². The summed E-state index contributed by atoms with van der Waals surface area (Å²) in [5, 5.41) is 14.7. The molecule has 1 aliphatic rings. The van der Waals surface area contributed by atoms with Gasteiger partial charge in [-0.15, -0.1) is 0 Å². The lowest BCUT2D eigenvalue weighted by Crippen LogP contribution is -2.33. The highest BCUT2D eigenvalue weighted by Gasteiger charge is 2.41. The second-order valence-corrected chi connectivity index (χ2v) is 4.58. The first-order valence-electron chi connectivity index (χ1n) is 6.04. The van der Waals surface area contributed by atoms with E-state index in [4.69, 9.17) is 9.47 Å². The monoisotopic (exact) mass is 240 g/mol. The van der Waals surface area contributed by atoms with Crippen LogP contribution in [0.1, 0.15) is 38.5 Å². The van der Waals surface area contributed by atoms with Crippen molar-refractivity contribution in [3.05, 3.63) is 11.9 Å². The summed E-state index contributed by atoms with van der Waals surface area (Å²) in [6.07, 6.45) is 2.77. The molecular formula is C12H20N2O3. The lowest BCUT2D eigenvalue weighted by atomic mass is 9.93. The number of methoxy groups -OCH3 is 1. The van der Waals surface area contributed by atoms with Crippen LogP contribution in [-0.2, 0) is 11.3 Å². The maximum Gasteiger partial charge on any atom is 0.162 e. The standard InChI is InChI=1S/C12H20N2O3/c1-4-14-10(9(16-3)8-13-14)11(15)12(2)6-5-7-17-12/h8,11,15H,4-7H2,1-3H3. The average Bonchev–Trinajstić information content (AvgIpc) is 2.94. The van der Waals surface area contributed by atoms with E-state index in [0.29, 0.717) is 24.6 Å². The van der Waals surface area contributed by atoms with Gasteiger partial charge in [0.15, 0.2) is 5.75 Å². The summed E-state index contributed by atoms with van der Waals surface area (Å²) < 4.78 is 12.7. The highest BCUT2D eigenvalue weighted by Crippen LogP contribution is 2.40. The van der Waals surface area contributed by atoms with Gasteiger partial charge in [-0.2, -0.15) is 5.10 Å². The summed E-state index contributed by atoms with van der Waals surface area (Å²) in [6, 6.07) is 0. The van der Waals surface area contributed by atoms with Crippen LogP contribution in [0.25, 0.3) is 0 Å². The van der Waals surface area contributed by atoms with E-state index in [1.165, 1.54) is 0 Å². The molecule has 0 amide bonds. The lowest BCUT2D eigenvalue weighted by molar-refractivity contribution is -0.0835. The predicted molar refractivity (Wildman–Crippen MR) is 63.0 cm³/mol. The lowest BCUT2D eigenvalue weighted by Gasteiger charge is -2.30. The fourth-order valence-corrected chi connectivity index (χ4v) is 2.37. The first-order valence-corrected chi connectivity index (χ1v) is 6.04. The molecule has 0 spiro atoms. The third kappa shape index (κ3) is 2.05. The van der Waals surface area contributed by atoms with Crippen LogP contribution in [0.2, 0.25) is 0 Å². The van der Waals surface area contributed by atoms with Crippen LogP contribution in [0.3, 0.4) is 0 Å². The van der Waals surface area contributed by atoms with Crippen LogP contribution in [0.5, 0.6) is 5.75 Å². The summed E-state index contributed by atoms with van der Waals surface area (Å²) in [5.74, 6) is 0.621. The number of nitrogens with zero attached hydrogens (tertiary/aromatic N) is 2. The maximum atomic E-state index is 10.5. The van der Waals surface area contributed by atoms with E-state index in [-0.39, 0.29) is 0 Å². The summed E-state index contributed by atoms with van der Waals surface area (Å²) in [5.41, 5.74) is 0.180. The number of aryl methyl sites for hydroxylation is 1. The summed E-state index contributed by atoms with van der Waals surface area (Å²) in [7, 11) is 1.59. The molecule has 0 aromatic carbocycles. The Balaban J connectivity index is 2.34. The number of ether oxygens (including phenoxy) is 2. The molecule has 1 saturated heterocycles. The molecule has 5 heteroatoms. The highest BCUT2D eigenvalue weighted by molar-refractivity contribution is 5.29. The van der Waals surface area contributed by atoms with Crippen molar-refractivity contribution < 1.29 is 14.6 Å². The van der Waals surface area contributed by atoms with Gasteiger partial charge in [0.1, 0.15) is 11.8 Å². The third-order valence-corrected chi connectivity index (χ3v) is 3.45. The molecule has 1 aromatic rings. The largest absolute Gasteiger partial charge is 0.493 e. The zero-order chi connectivity index (χ0) is 12.5. The Kier molecular flexibility index (Phi) is 3.40. The van der Waals surface area contributed by atoms with Crippen molar-refractivity contribution in [1.82, 2.24) is 9.78 Å². The Labute approximate surface area is 101 Å². The van der Waals surface area contributed by atoms with E-state index < -0.39 is 11.7 Å². The van der Waals surface area contributed by atoms with Crippen LogP contribution in [0.4, 0.5) is 0 Å². The Hall–Kier alpha value is -1.07. The number of aliphatic hydroxyl groups is 1. The van der Waals surface area contributed by atoms with Gasteiger partial charge in [0.05, 0.1) is 18.9 Å². The minimum atomic E-state index is -0.706. The molecule has 0 aliphatic carbocycles. The second kappa shape index (κ2) is 4.66. The van der Waals surface area contributed by atoms with Crippen LogP contribution in [0.15, 0.2) is 6.20 Å². The van der Waals surface area contributed by atoms with Crippen LogP contribution in [0, 0.1) is 0 Å². The minimum Gasteiger partial charge on any atom is -0.493 e. The number of rotatable bonds is 4. The van der Waals surface area contributed by atoms with Gasteiger partial charge in [-0.3, -0.25) is 4.68 Å². The molecule has 0 bridgehead atoms. The SMILES string of the molecule is CCn1ncc(OC)c1C(O)C1(C)CCCO1. The van der Waals surface area contributed by atoms with Crippen molar-refractivity contribution in [2.75, 3.05) is 13.7 Å². The van der Waals surface area contributed by atoms with Crippen molar-refractivity contribution in [2.24, 2.45) is 0 Å². The van der Waals surface area contributed by atoms with Gasteiger partial charge in [-0.1, -0.05) is 0 Å². The molecule has 96 valence electrons. The molecule has 2 atom stereocenters. The molecule has 2 unspecified atom stereocenters. The van der Waals surface area contributed by atoms with E-state index in [9.17, 15) is 5.11 Å². The number of aliphatic hydroxyl groups excluding tert-OH is 1. The van der Waals surface area contributed by atoms with Crippen LogP contribution < -0.4 is 4.74 Å². The zero-order valence-electron chi connectivity index (χ0n) is 10.6. The van der Waals surface area contributed by atoms with Crippen molar-refractivity contribution >= 4 is 0 Å². The zero-order valence-corrected chi connectivity index (χ0v) is 10.6. The number of hydrogen-bond donors (Lipinski definition) is 1. The van der Waals surface area contributed by atoms with Gasteiger partial charge in [0.2, 0.25) is 0 Å². The van der Waals surface area contributed by atoms with Gasteiger partial charge in [-0.25, -0.2) is 0 Å². The van der Waals surface area contributed by atoms with Gasteiger partial charge in [0.25, 0.3) is 0 Å². The highest BCUT2D eigenvalue weighted by atomic mass is 16.5. The normalized spacial score (nSPS) is 26.1. The Morgan fingerprint density at radius 2 is 2.47 bits per heavy atom. The Morgan fingerprint density at radius 3 is 3.00 bits per heavy atom. The summed E-state index contributed by atoms with van der Waals surface area (Å²) in [4.78, 5) is 0.